The Morgan fingerprint density at radius 2 is 1.84 bits per heavy atom. The minimum atomic E-state index is -4.40. The van der Waals surface area contributed by atoms with E-state index in [0.29, 0.717) is 13.6 Å². The minimum absolute atomic E-state index is 0.143. The number of nitrogens with zero attached hydrogens (tertiary/aromatic N) is 2. The largest absolute Gasteiger partial charge is 0.383 e. The van der Waals surface area contributed by atoms with Crippen LogP contribution in [0.3, 0.4) is 0 Å². The lowest BCUT2D eigenvalue weighted by molar-refractivity contribution is 0.598. The average molecular weight is 556 g/mol. The van der Waals surface area contributed by atoms with Crippen molar-refractivity contribution in [1.82, 2.24) is 0 Å². The van der Waals surface area contributed by atoms with Gasteiger partial charge in [0.1, 0.15) is 15.6 Å². The van der Waals surface area contributed by atoms with Gasteiger partial charge in [0, 0.05) is 4.47 Å². The Bertz CT molecular complexity index is 1450. The molecule has 3 N–H and O–H groups in total. The van der Waals surface area contributed by atoms with Crippen LogP contribution in [0.5, 0.6) is 0 Å². The number of halogens is 1. The van der Waals surface area contributed by atoms with Crippen molar-refractivity contribution >= 4 is 64.6 Å². The molecule has 1 heterocycles. The molecule has 0 spiro atoms. The second kappa shape index (κ2) is 9.13. The van der Waals surface area contributed by atoms with Gasteiger partial charge in [-0.2, -0.15) is 13.7 Å². The highest BCUT2D eigenvalue weighted by atomic mass is 79.9. The smallest absolute Gasteiger partial charge is 0.290 e. The van der Waals surface area contributed by atoms with E-state index in [1.54, 1.807) is 24.5 Å². The summed E-state index contributed by atoms with van der Waals surface area (Å²) >= 11 is 5.74. The first-order valence-corrected chi connectivity index (χ1v) is 14.2. The molecule has 31 heavy (non-hydrogen) atoms. The van der Waals surface area contributed by atoms with Gasteiger partial charge in [0.15, 0.2) is 0 Å². The first kappa shape index (κ1) is 23.5. The zero-order valence-corrected chi connectivity index (χ0v) is 20.8. The zero-order chi connectivity index (χ0) is 22.8. The van der Waals surface area contributed by atoms with Gasteiger partial charge in [-0.15, -0.1) is 23.1 Å². The Balaban J connectivity index is 2.39. The van der Waals surface area contributed by atoms with Crippen molar-refractivity contribution in [3.63, 3.8) is 0 Å². The van der Waals surface area contributed by atoms with E-state index < -0.39 is 19.8 Å². The number of nitriles is 1. The second-order valence-electron chi connectivity index (χ2n) is 6.05. The molecule has 3 rings (SSSR count). The van der Waals surface area contributed by atoms with Crippen LogP contribution in [0.15, 0.2) is 81.7 Å². The maximum absolute atomic E-state index is 14.4. The van der Waals surface area contributed by atoms with Gasteiger partial charge in [-0.25, -0.2) is 4.21 Å². The van der Waals surface area contributed by atoms with Crippen LogP contribution >= 0.6 is 39.0 Å². The van der Waals surface area contributed by atoms with Crippen LogP contribution in [0.4, 0.5) is 0 Å². The van der Waals surface area contributed by atoms with Crippen LogP contribution in [0.1, 0.15) is 10.4 Å². The number of nitrogens with two attached hydrogens (primary N) is 1. The minimum Gasteiger partial charge on any atom is -0.383 e. The van der Waals surface area contributed by atoms with Crippen LogP contribution in [-0.2, 0) is 19.8 Å². The number of benzene rings is 2. The molecule has 0 amide bonds. The summed E-state index contributed by atoms with van der Waals surface area (Å²) in [5, 5.41) is 16.8. The van der Waals surface area contributed by atoms with Gasteiger partial charge in [0.25, 0.3) is 10.0 Å². The molecule has 0 saturated carbocycles. The molecule has 3 aromatic rings. The molecule has 0 bridgehead atoms. The molecule has 0 fully saturated rings. The number of hydrogen-bond donors (Lipinski definition) is 2. The standard InChI is InChI=1S/C19H15BrN4O3S4/c1-28-19-17(10-16(29-19)18(22)23)30(25,14-6-3-5-13(20)9-14)24-31(26,27)15-7-2-4-12(8-15)11-21/h2-10H,1H3,(H3,22,23). The van der Waals surface area contributed by atoms with Crippen LogP contribution in [0.25, 0.3) is 0 Å². The highest BCUT2D eigenvalue weighted by Gasteiger charge is 2.28. The normalized spacial score (nSPS) is 13.2. The van der Waals surface area contributed by atoms with E-state index >= 15 is 0 Å². The Kier molecular flexibility index (Phi) is 6.92. The van der Waals surface area contributed by atoms with E-state index in [4.69, 9.17) is 16.4 Å². The van der Waals surface area contributed by atoms with Crippen molar-refractivity contribution in [3.05, 3.63) is 69.5 Å². The average Bonchev–Trinajstić information content (AvgIpc) is 3.19. The molecule has 0 saturated heterocycles. The predicted octanol–water partition coefficient (Wildman–Crippen LogP) is 4.66. The van der Waals surface area contributed by atoms with E-state index in [9.17, 15) is 12.6 Å². The molecular weight excluding hydrogens is 540 g/mol. The number of nitrogens with one attached hydrogen (secondary N) is 1. The van der Waals surface area contributed by atoms with Crippen molar-refractivity contribution in [2.24, 2.45) is 9.50 Å². The molecule has 0 aliphatic rings. The molecule has 160 valence electrons. The summed E-state index contributed by atoms with van der Waals surface area (Å²) in [7, 11) is -8.09. The van der Waals surface area contributed by atoms with Gasteiger partial charge in [-0.1, -0.05) is 31.8 Å². The molecule has 0 radical (unpaired) electrons. The Morgan fingerprint density at radius 1 is 1.16 bits per heavy atom. The van der Waals surface area contributed by atoms with Crippen molar-refractivity contribution in [1.29, 1.82) is 10.7 Å². The Labute approximate surface area is 197 Å². The molecule has 0 aliphatic heterocycles. The van der Waals surface area contributed by atoms with Crippen LogP contribution in [0.2, 0.25) is 0 Å². The summed E-state index contributed by atoms with van der Waals surface area (Å²) in [4.78, 5) is 0.488. The second-order valence-corrected chi connectivity index (χ2v) is 13.1. The number of rotatable bonds is 6. The fourth-order valence-corrected chi connectivity index (χ4v) is 9.72. The number of thiophene rings is 1. The lowest BCUT2D eigenvalue weighted by atomic mass is 10.2. The van der Waals surface area contributed by atoms with Gasteiger partial charge >= 0.3 is 0 Å². The molecule has 1 atom stereocenters. The Hall–Kier alpha value is -2.17. The monoisotopic (exact) mass is 554 g/mol. The van der Waals surface area contributed by atoms with Crippen molar-refractivity contribution in [3.8, 4) is 6.07 Å². The highest BCUT2D eigenvalue weighted by Crippen LogP contribution is 2.39. The number of sulfonamides is 1. The highest BCUT2D eigenvalue weighted by molar-refractivity contribution is 9.10. The molecule has 7 nitrogen and oxygen atoms in total. The summed E-state index contributed by atoms with van der Waals surface area (Å²) in [5.74, 6) is -0.216. The van der Waals surface area contributed by atoms with Gasteiger partial charge in [-0.3, -0.25) is 5.41 Å². The Morgan fingerprint density at radius 3 is 2.45 bits per heavy atom. The van der Waals surface area contributed by atoms with Crippen molar-refractivity contribution < 1.29 is 12.6 Å². The van der Waals surface area contributed by atoms with E-state index in [1.165, 1.54) is 48.2 Å². The van der Waals surface area contributed by atoms with Gasteiger partial charge < -0.3 is 5.73 Å². The predicted molar refractivity (Wildman–Crippen MR) is 127 cm³/mol. The topological polar surface area (TPSA) is 137 Å². The van der Waals surface area contributed by atoms with Crippen molar-refractivity contribution in [2.75, 3.05) is 6.26 Å². The number of thioether (sulfide) groups is 1. The number of amidine groups is 1. The van der Waals surface area contributed by atoms with Gasteiger partial charge in [0.05, 0.1) is 35.4 Å². The third-order valence-corrected chi connectivity index (χ3v) is 11.3. The third-order valence-electron chi connectivity index (χ3n) is 3.99. The maximum Gasteiger partial charge on any atom is 0.290 e. The molecule has 1 aromatic heterocycles. The molecule has 0 aliphatic carbocycles. The SMILES string of the molecule is CSc1sc(C(=N)N)cc1S(=O)(=NS(=O)(=O)c1cccc(C#N)c1)c1cccc(Br)c1. The fourth-order valence-electron chi connectivity index (χ4n) is 2.58. The van der Waals surface area contributed by atoms with Gasteiger partial charge in [-0.05, 0) is 48.7 Å². The van der Waals surface area contributed by atoms with Crippen molar-refractivity contribution in [2.45, 2.75) is 18.9 Å². The first-order valence-electron chi connectivity index (χ1n) is 8.42. The summed E-state index contributed by atoms with van der Waals surface area (Å²) in [6.45, 7) is 0. The van der Waals surface area contributed by atoms with Crippen LogP contribution < -0.4 is 5.73 Å². The molecule has 12 heteroatoms. The number of hydrogen-bond acceptors (Lipinski definition) is 7. The van der Waals surface area contributed by atoms with E-state index in [0.717, 1.165) is 11.3 Å². The summed E-state index contributed by atoms with van der Waals surface area (Å²) in [6, 6.07) is 15.1. The maximum atomic E-state index is 14.4. The van der Waals surface area contributed by atoms with E-state index in [-0.39, 0.29) is 26.1 Å². The first-order chi connectivity index (χ1) is 14.6. The van der Waals surface area contributed by atoms with E-state index in [1.807, 2.05) is 6.07 Å². The van der Waals surface area contributed by atoms with E-state index in [2.05, 4.69) is 19.7 Å². The molecule has 1 unspecified atom stereocenters. The number of nitrogen functional groups attached to an aromatic ring is 1. The lowest BCUT2D eigenvalue weighted by Gasteiger charge is -2.12. The van der Waals surface area contributed by atoms with Crippen LogP contribution in [0, 0.1) is 16.7 Å². The summed E-state index contributed by atoms with van der Waals surface area (Å²) in [5.41, 5.74) is 5.75. The third kappa shape index (κ3) is 4.86. The van der Waals surface area contributed by atoms with Gasteiger partial charge in [0.2, 0.25) is 0 Å². The zero-order valence-electron chi connectivity index (χ0n) is 15.9. The molecule has 2 aromatic carbocycles. The summed E-state index contributed by atoms with van der Waals surface area (Å²) in [6.07, 6.45) is 1.75. The fraction of sp³-hybridized carbons (Fsp3) is 0.0526. The van der Waals surface area contributed by atoms with Crippen LogP contribution in [-0.4, -0.2) is 24.7 Å². The lowest BCUT2D eigenvalue weighted by Crippen LogP contribution is -2.10. The molecular formula is C19H15BrN4O3S4. The quantitative estimate of drug-likeness (QED) is 0.258. The summed E-state index contributed by atoms with van der Waals surface area (Å²) < 4.78 is 45.7.